The molecular formula is C11H12ClF3N2OS. The van der Waals surface area contributed by atoms with Crippen LogP contribution in [-0.4, -0.2) is 34.2 Å². The highest BCUT2D eigenvalue weighted by Gasteiger charge is 2.32. The van der Waals surface area contributed by atoms with E-state index in [1.807, 2.05) is 6.92 Å². The van der Waals surface area contributed by atoms with Crippen molar-refractivity contribution in [1.29, 1.82) is 0 Å². The summed E-state index contributed by atoms with van der Waals surface area (Å²) in [6.45, 7) is 1.71. The van der Waals surface area contributed by atoms with E-state index in [1.54, 1.807) is 0 Å². The van der Waals surface area contributed by atoms with Gasteiger partial charge in [-0.25, -0.2) is 0 Å². The maximum absolute atomic E-state index is 12.6. The van der Waals surface area contributed by atoms with Gasteiger partial charge in [-0.05, 0) is 11.8 Å². The Kier molecular flexibility index (Phi) is 6.09. The zero-order chi connectivity index (χ0) is 14.5. The second kappa shape index (κ2) is 7.12. The Labute approximate surface area is 117 Å². The molecule has 1 heterocycles. The van der Waals surface area contributed by atoms with Gasteiger partial charge in [-0.15, -0.1) is 11.8 Å². The summed E-state index contributed by atoms with van der Waals surface area (Å²) >= 11 is 7.08. The summed E-state index contributed by atoms with van der Waals surface area (Å²) in [4.78, 5) is 7.88. The van der Waals surface area contributed by atoms with Crippen LogP contribution in [0.15, 0.2) is 22.2 Å². The van der Waals surface area contributed by atoms with E-state index in [0.717, 1.165) is 12.3 Å². The molecule has 1 rings (SSSR count). The van der Waals surface area contributed by atoms with E-state index in [9.17, 15) is 13.2 Å². The molecule has 106 valence electrons. The Morgan fingerprint density at radius 1 is 1.53 bits per heavy atom. The molecular weight excluding hydrogens is 301 g/mol. The van der Waals surface area contributed by atoms with Gasteiger partial charge >= 0.3 is 6.18 Å². The van der Waals surface area contributed by atoms with Crippen LogP contribution in [0.2, 0.25) is 0 Å². The number of aromatic nitrogens is 1. The first-order valence-electron chi connectivity index (χ1n) is 5.41. The van der Waals surface area contributed by atoms with Gasteiger partial charge < -0.3 is 5.11 Å². The Bertz CT molecular complexity index is 466. The average molecular weight is 313 g/mol. The fourth-order valence-corrected chi connectivity index (χ4v) is 2.34. The minimum atomic E-state index is -4.44. The number of aliphatic hydroxyl groups excluding tert-OH is 1. The van der Waals surface area contributed by atoms with Crippen molar-refractivity contribution in [2.75, 3.05) is 18.9 Å². The zero-order valence-electron chi connectivity index (χ0n) is 10.0. The monoisotopic (exact) mass is 312 g/mol. The highest BCUT2D eigenvalue weighted by atomic mass is 35.5. The van der Waals surface area contributed by atoms with Crippen LogP contribution in [0.25, 0.3) is 0 Å². The summed E-state index contributed by atoms with van der Waals surface area (Å²) in [5.74, 6) is 0.583. The van der Waals surface area contributed by atoms with Gasteiger partial charge in [0.25, 0.3) is 0 Å². The van der Waals surface area contributed by atoms with E-state index in [2.05, 4.69) is 9.98 Å². The van der Waals surface area contributed by atoms with Crippen LogP contribution in [0, 0.1) is 0 Å². The van der Waals surface area contributed by atoms with Gasteiger partial charge in [0.15, 0.2) is 5.17 Å². The molecule has 3 nitrogen and oxygen atoms in total. The Morgan fingerprint density at radius 3 is 2.74 bits per heavy atom. The molecule has 0 aliphatic carbocycles. The van der Waals surface area contributed by atoms with Crippen LogP contribution in [0.5, 0.6) is 0 Å². The molecule has 0 bridgehead atoms. The minimum absolute atomic E-state index is 0.00118. The average Bonchev–Trinajstić information content (AvgIpc) is 2.35. The Morgan fingerprint density at radius 2 is 2.21 bits per heavy atom. The third kappa shape index (κ3) is 4.67. The van der Waals surface area contributed by atoms with E-state index in [1.165, 1.54) is 11.8 Å². The molecule has 0 saturated carbocycles. The van der Waals surface area contributed by atoms with Crippen molar-refractivity contribution in [2.45, 2.75) is 18.0 Å². The third-order valence-corrected chi connectivity index (χ3v) is 3.24. The van der Waals surface area contributed by atoms with Crippen molar-refractivity contribution in [2.24, 2.45) is 4.99 Å². The van der Waals surface area contributed by atoms with Gasteiger partial charge in [0, 0.05) is 11.1 Å². The fourth-order valence-electron chi connectivity index (χ4n) is 1.24. The van der Waals surface area contributed by atoms with E-state index >= 15 is 0 Å². The number of thioether (sulfide) groups is 1. The molecule has 8 heteroatoms. The number of rotatable bonds is 5. The maximum atomic E-state index is 12.6. The molecule has 1 aromatic heterocycles. The van der Waals surface area contributed by atoms with E-state index in [4.69, 9.17) is 16.7 Å². The molecule has 0 radical (unpaired) electrons. The molecule has 1 aromatic rings. The molecule has 0 aromatic carbocycles. The predicted molar refractivity (Wildman–Crippen MR) is 70.0 cm³/mol. The summed E-state index contributed by atoms with van der Waals surface area (Å²) in [5, 5.41) is 8.64. The van der Waals surface area contributed by atoms with Crippen molar-refractivity contribution >= 4 is 28.5 Å². The van der Waals surface area contributed by atoms with Crippen molar-refractivity contribution in [3.63, 3.8) is 0 Å². The summed E-state index contributed by atoms with van der Waals surface area (Å²) in [5.41, 5.74) is -0.617. The largest absolute Gasteiger partial charge is 0.417 e. The molecule has 0 aliphatic rings. The number of aliphatic imine (C=N–C) groups is 1. The predicted octanol–water partition coefficient (Wildman–Crippen LogP) is 3.19. The topological polar surface area (TPSA) is 45.5 Å². The van der Waals surface area contributed by atoms with E-state index < -0.39 is 11.7 Å². The van der Waals surface area contributed by atoms with Crippen LogP contribution in [0.3, 0.4) is 0 Å². The Hall–Kier alpha value is -0.790. The maximum Gasteiger partial charge on any atom is 0.417 e. The number of aliphatic hydroxyl groups is 1. The van der Waals surface area contributed by atoms with Crippen molar-refractivity contribution in [3.05, 3.63) is 23.5 Å². The Balaban J connectivity index is 3.18. The van der Waals surface area contributed by atoms with Crippen molar-refractivity contribution in [3.8, 4) is 0 Å². The van der Waals surface area contributed by atoms with E-state index in [0.29, 0.717) is 10.6 Å². The number of alkyl halides is 3. The van der Waals surface area contributed by atoms with Gasteiger partial charge in [-0.2, -0.15) is 13.2 Å². The van der Waals surface area contributed by atoms with E-state index in [-0.39, 0.29) is 24.0 Å². The number of nitrogens with zero attached hydrogens (tertiary/aromatic N) is 2. The molecule has 0 spiro atoms. The number of hydrogen-bond acceptors (Lipinski definition) is 4. The molecule has 0 amide bonds. The number of halogens is 4. The standard InChI is InChI=1S/C11H12ClF3N2OS/c1-2-19-8-5-7(11(13,14)15)6-17-9(8)10(12)16-3-4-18/h5-6,18H,2-4H2,1H3/b16-10-. The molecule has 0 aliphatic heterocycles. The lowest BCUT2D eigenvalue weighted by Crippen LogP contribution is -2.09. The van der Waals surface area contributed by atoms with Gasteiger partial charge in [0.1, 0.15) is 5.69 Å². The molecule has 0 fully saturated rings. The second-order valence-electron chi connectivity index (χ2n) is 3.40. The first kappa shape index (κ1) is 16.3. The summed E-state index contributed by atoms with van der Waals surface area (Å²) in [6, 6.07) is 1.01. The van der Waals surface area contributed by atoms with Gasteiger partial charge in [-0.3, -0.25) is 9.98 Å². The number of pyridine rings is 1. The second-order valence-corrected chi connectivity index (χ2v) is 5.06. The number of hydrogen-bond donors (Lipinski definition) is 1. The fraction of sp³-hybridized carbons (Fsp3) is 0.455. The first-order chi connectivity index (χ1) is 8.90. The molecule has 19 heavy (non-hydrogen) atoms. The SMILES string of the molecule is CCSc1cc(C(F)(F)F)cnc1/C(Cl)=N/CCO. The smallest absolute Gasteiger partial charge is 0.394 e. The normalized spacial score (nSPS) is 12.8. The third-order valence-electron chi connectivity index (χ3n) is 2.03. The summed E-state index contributed by atoms with van der Waals surface area (Å²) in [7, 11) is 0. The van der Waals surface area contributed by atoms with Crippen LogP contribution in [0.1, 0.15) is 18.2 Å². The van der Waals surface area contributed by atoms with Crippen LogP contribution < -0.4 is 0 Å². The van der Waals surface area contributed by atoms with Gasteiger partial charge in [-0.1, -0.05) is 18.5 Å². The molecule has 1 N–H and O–H groups in total. The highest BCUT2D eigenvalue weighted by molar-refractivity contribution is 7.99. The van der Waals surface area contributed by atoms with Crippen LogP contribution in [-0.2, 0) is 6.18 Å². The highest BCUT2D eigenvalue weighted by Crippen LogP contribution is 2.33. The molecule has 0 atom stereocenters. The van der Waals surface area contributed by atoms with Crippen molar-refractivity contribution in [1.82, 2.24) is 4.98 Å². The van der Waals surface area contributed by atoms with Gasteiger partial charge in [0.2, 0.25) is 0 Å². The summed E-state index contributed by atoms with van der Waals surface area (Å²) in [6.07, 6.45) is -3.71. The zero-order valence-corrected chi connectivity index (χ0v) is 11.6. The lowest BCUT2D eigenvalue weighted by molar-refractivity contribution is -0.138. The van der Waals surface area contributed by atoms with Gasteiger partial charge in [0.05, 0.1) is 18.7 Å². The molecule has 0 saturated heterocycles. The first-order valence-corrected chi connectivity index (χ1v) is 6.77. The quantitative estimate of drug-likeness (QED) is 0.671. The lowest BCUT2D eigenvalue weighted by atomic mass is 10.2. The summed E-state index contributed by atoms with van der Waals surface area (Å²) < 4.78 is 37.8. The van der Waals surface area contributed by atoms with Crippen LogP contribution >= 0.6 is 23.4 Å². The minimum Gasteiger partial charge on any atom is -0.394 e. The van der Waals surface area contributed by atoms with Crippen LogP contribution in [0.4, 0.5) is 13.2 Å². The molecule has 0 unspecified atom stereocenters. The lowest BCUT2D eigenvalue weighted by Gasteiger charge is -2.11. The van der Waals surface area contributed by atoms with Crippen molar-refractivity contribution < 1.29 is 18.3 Å².